The van der Waals surface area contributed by atoms with E-state index in [2.05, 4.69) is 29.5 Å². The van der Waals surface area contributed by atoms with E-state index < -0.39 is 5.41 Å². The number of hydrogen-bond donors (Lipinski definition) is 1. The predicted octanol–water partition coefficient (Wildman–Crippen LogP) is 3.83. The summed E-state index contributed by atoms with van der Waals surface area (Å²) in [7, 11) is 0. The molecule has 1 spiro atoms. The van der Waals surface area contributed by atoms with Crippen LogP contribution in [0.4, 0.5) is 0 Å². The van der Waals surface area contributed by atoms with Crippen LogP contribution in [0.25, 0.3) is 0 Å². The number of aryl methyl sites for hydroxylation is 2. The fraction of sp³-hybridized carbons (Fsp3) is 0.577. The van der Waals surface area contributed by atoms with E-state index in [0.717, 1.165) is 50.8 Å². The van der Waals surface area contributed by atoms with Gasteiger partial charge in [0.1, 0.15) is 18.1 Å². The molecule has 7 nitrogen and oxygen atoms in total. The van der Waals surface area contributed by atoms with E-state index >= 15 is 0 Å². The topological polar surface area (TPSA) is 76.5 Å². The van der Waals surface area contributed by atoms with Crippen LogP contribution in [0.5, 0.6) is 5.75 Å². The molecule has 2 aromatic rings. The summed E-state index contributed by atoms with van der Waals surface area (Å²) < 4.78 is 7.79. The third-order valence-corrected chi connectivity index (χ3v) is 7.02. The van der Waals surface area contributed by atoms with Gasteiger partial charge in [-0.1, -0.05) is 38.0 Å². The van der Waals surface area contributed by atoms with Crippen molar-refractivity contribution in [1.82, 2.24) is 20.0 Å². The van der Waals surface area contributed by atoms with Gasteiger partial charge in [0, 0.05) is 25.8 Å². The molecule has 0 saturated carbocycles. The molecule has 1 N–H and O–H groups in total. The minimum Gasteiger partial charge on any atom is -0.491 e. The van der Waals surface area contributed by atoms with Gasteiger partial charge in [-0.05, 0) is 56.2 Å². The third-order valence-electron chi connectivity index (χ3n) is 7.02. The molecular weight excluding hydrogens is 416 g/mol. The van der Waals surface area contributed by atoms with Crippen LogP contribution < -0.4 is 10.1 Å². The Balaban J connectivity index is 1.38. The zero-order valence-electron chi connectivity index (χ0n) is 19.7. The van der Waals surface area contributed by atoms with Crippen molar-refractivity contribution in [3.63, 3.8) is 0 Å². The summed E-state index contributed by atoms with van der Waals surface area (Å²) >= 11 is 0. The zero-order valence-corrected chi connectivity index (χ0v) is 19.7. The molecule has 0 aliphatic carbocycles. The van der Waals surface area contributed by atoms with Crippen molar-refractivity contribution >= 4 is 11.8 Å². The number of fused-ring (bicyclic) bond motifs is 1. The van der Waals surface area contributed by atoms with Gasteiger partial charge in [-0.3, -0.25) is 14.3 Å². The predicted molar refractivity (Wildman–Crippen MR) is 127 cm³/mol. The lowest BCUT2D eigenvalue weighted by Crippen LogP contribution is -2.50. The molecule has 0 bridgehead atoms. The van der Waals surface area contributed by atoms with E-state index in [0.29, 0.717) is 44.8 Å². The largest absolute Gasteiger partial charge is 0.491 e. The van der Waals surface area contributed by atoms with Crippen molar-refractivity contribution in [2.45, 2.75) is 64.8 Å². The number of hydrogen-bond acceptors (Lipinski definition) is 4. The second kappa shape index (κ2) is 10.9. The van der Waals surface area contributed by atoms with E-state index in [1.54, 1.807) is 6.07 Å². The Labute approximate surface area is 196 Å². The summed E-state index contributed by atoms with van der Waals surface area (Å²) in [6.45, 7) is 5.04. The first kappa shape index (κ1) is 23.3. The van der Waals surface area contributed by atoms with E-state index in [9.17, 15) is 9.59 Å². The van der Waals surface area contributed by atoms with Gasteiger partial charge in [-0.15, -0.1) is 0 Å². The highest BCUT2D eigenvalue weighted by Crippen LogP contribution is 2.38. The van der Waals surface area contributed by atoms with Crippen LogP contribution in [-0.4, -0.2) is 52.7 Å². The van der Waals surface area contributed by atoms with Crippen molar-refractivity contribution in [2.24, 2.45) is 5.41 Å². The van der Waals surface area contributed by atoms with Gasteiger partial charge in [0.15, 0.2) is 0 Å². The highest BCUT2D eigenvalue weighted by atomic mass is 16.5. The number of benzene rings is 1. The SMILES string of the molecule is CCCn1ccc(C(=O)N2CCC3(CCCCCc4ccccc4OCCNC3=O)CC2)n1. The van der Waals surface area contributed by atoms with Crippen LogP contribution in [0.3, 0.4) is 0 Å². The van der Waals surface area contributed by atoms with Crippen LogP contribution in [0, 0.1) is 5.41 Å². The monoisotopic (exact) mass is 452 g/mol. The summed E-state index contributed by atoms with van der Waals surface area (Å²) in [5.74, 6) is 1.00. The number of piperidine rings is 1. The maximum atomic E-state index is 13.3. The van der Waals surface area contributed by atoms with Gasteiger partial charge in [0.25, 0.3) is 5.91 Å². The molecule has 1 saturated heterocycles. The number of aromatic nitrogens is 2. The van der Waals surface area contributed by atoms with E-state index in [-0.39, 0.29) is 11.8 Å². The standard InChI is InChI=1S/C26H36N4O3/c1-2-16-30-17-11-22(28-30)24(31)29-18-13-26(14-19-29)12-7-3-4-8-21-9-5-6-10-23(21)33-20-15-27-25(26)32/h5-6,9-11,17H,2-4,7-8,12-16,18-20H2,1H3,(H,27,32). The van der Waals surface area contributed by atoms with Gasteiger partial charge >= 0.3 is 0 Å². The first-order valence-corrected chi connectivity index (χ1v) is 12.4. The van der Waals surface area contributed by atoms with Crippen molar-refractivity contribution in [2.75, 3.05) is 26.2 Å². The normalized spacial score (nSPS) is 19.4. The molecule has 1 aromatic heterocycles. The van der Waals surface area contributed by atoms with Crippen LogP contribution >= 0.6 is 0 Å². The van der Waals surface area contributed by atoms with Crippen LogP contribution in [0.1, 0.15) is 67.9 Å². The fourth-order valence-corrected chi connectivity index (χ4v) is 5.04. The lowest BCUT2D eigenvalue weighted by molar-refractivity contribution is -0.134. The van der Waals surface area contributed by atoms with E-state index in [1.165, 1.54) is 5.56 Å². The van der Waals surface area contributed by atoms with Gasteiger partial charge in [-0.25, -0.2) is 0 Å². The maximum absolute atomic E-state index is 13.3. The Morgan fingerprint density at radius 2 is 1.94 bits per heavy atom. The van der Waals surface area contributed by atoms with Crippen molar-refractivity contribution in [3.05, 3.63) is 47.8 Å². The number of carbonyl (C=O) groups excluding carboxylic acids is 2. The average molecular weight is 453 g/mol. The Kier molecular flexibility index (Phi) is 7.68. The first-order valence-electron chi connectivity index (χ1n) is 12.4. The van der Waals surface area contributed by atoms with Crippen molar-refractivity contribution in [1.29, 1.82) is 0 Å². The lowest BCUT2D eigenvalue weighted by Gasteiger charge is -2.40. The maximum Gasteiger partial charge on any atom is 0.274 e. The Hall–Kier alpha value is -2.83. The number of ether oxygens (including phenoxy) is 1. The van der Waals surface area contributed by atoms with Crippen molar-refractivity contribution < 1.29 is 14.3 Å². The number of rotatable bonds is 3. The summed E-state index contributed by atoms with van der Waals surface area (Å²) in [6.07, 6.45) is 9.30. The van der Waals surface area contributed by atoms with E-state index in [4.69, 9.17) is 4.74 Å². The molecule has 2 aliphatic heterocycles. The van der Waals surface area contributed by atoms with Crippen LogP contribution in [0.2, 0.25) is 0 Å². The first-order chi connectivity index (χ1) is 16.1. The Morgan fingerprint density at radius 1 is 1.12 bits per heavy atom. The van der Waals surface area contributed by atoms with Gasteiger partial charge in [-0.2, -0.15) is 5.10 Å². The molecule has 2 aliphatic rings. The fourth-order valence-electron chi connectivity index (χ4n) is 5.04. The van der Waals surface area contributed by atoms with E-state index in [1.807, 2.05) is 27.9 Å². The summed E-state index contributed by atoms with van der Waals surface area (Å²) in [5, 5.41) is 7.54. The molecule has 3 heterocycles. The summed E-state index contributed by atoms with van der Waals surface area (Å²) in [4.78, 5) is 28.1. The van der Waals surface area contributed by atoms with Gasteiger partial charge < -0.3 is 15.0 Å². The molecule has 1 aromatic carbocycles. The number of likely N-dealkylation sites (tertiary alicyclic amines) is 1. The number of amides is 2. The second-order valence-electron chi connectivity index (χ2n) is 9.31. The summed E-state index contributed by atoms with van der Waals surface area (Å²) in [6, 6.07) is 9.99. The Morgan fingerprint density at radius 3 is 2.76 bits per heavy atom. The molecule has 0 radical (unpaired) electrons. The lowest BCUT2D eigenvalue weighted by atomic mass is 9.73. The molecule has 178 valence electrons. The highest BCUT2D eigenvalue weighted by Gasteiger charge is 2.41. The molecule has 2 amide bonds. The smallest absolute Gasteiger partial charge is 0.274 e. The quantitative estimate of drug-likeness (QED) is 0.768. The molecule has 0 atom stereocenters. The van der Waals surface area contributed by atoms with Gasteiger partial charge in [0.05, 0.1) is 12.0 Å². The van der Waals surface area contributed by atoms with Crippen LogP contribution in [-0.2, 0) is 17.8 Å². The molecule has 4 rings (SSSR count). The minimum atomic E-state index is -0.404. The molecule has 33 heavy (non-hydrogen) atoms. The third kappa shape index (κ3) is 5.57. The van der Waals surface area contributed by atoms with Crippen LogP contribution in [0.15, 0.2) is 36.5 Å². The number of nitrogens with zero attached hydrogens (tertiary/aromatic N) is 3. The molecule has 1 fully saturated rings. The minimum absolute atomic E-state index is 0.0316. The van der Waals surface area contributed by atoms with Crippen molar-refractivity contribution in [3.8, 4) is 5.75 Å². The number of carbonyl (C=O) groups is 2. The molecule has 7 heteroatoms. The number of nitrogens with one attached hydrogen (secondary N) is 1. The highest BCUT2D eigenvalue weighted by molar-refractivity contribution is 5.92. The Bertz CT molecular complexity index is 947. The second-order valence-corrected chi connectivity index (χ2v) is 9.31. The molecular formula is C26H36N4O3. The molecule has 0 unspecified atom stereocenters. The summed E-state index contributed by atoms with van der Waals surface area (Å²) in [5.41, 5.74) is 1.33. The number of para-hydroxylation sites is 1. The average Bonchev–Trinajstić information content (AvgIpc) is 3.31. The zero-order chi connectivity index (χ0) is 23.1. The van der Waals surface area contributed by atoms with Gasteiger partial charge in [0.2, 0.25) is 5.91 Å².